The number of carboxylic acid groups (broad SMARTS) is 1. The lowest BCUT2D eigenvalue weighted by Crippen LogP contribution is -2.32. The summed E-state index contributed by atoms with van der Waals surface area (Å²) in [4.78, 5) is 22.6. The predicted molar refractivity (Wildman–Crippen MR) is 69.8 cm³/mol. The molecule has 0 heterocycles. The number of amides is 1. The van der Waals surface area contributed by atoms with Gasteiger partial charge in [0.2, 0.25) is 0 Å². The Hall–Kier alpha value is -1.62. The lowest BCUT2D eigenvalue weighted by molar-refractivity contribution is -0.147. The molecular weight excluding hydrogens is 273 g/mol. The van der Waals surface area contributed by atoms with Gasteiger partial charge in [-0.25, -0.2) is 4.39 Å². The van der Waals surface area contributed by atoms with Crippen LogP contribution in [0.15, 0.2) is 18.2 Å². The van der Waals surface area contributed by atoms with Gasteiger partial charge in [-0.1, -0.05) is 17.7 Å². The second kappa shape index (κ2) is 6.02. The molecule has 4 nitrogen and oxygen atoms in total. The van der Waals surface area contributed by atoms with E-state index in [0.29, 0.717) is 0 Å². The first kappa shape index (κ1) is 15.4. The van der Waals surface area contributed by atoms with Crippen LogP contribution in [-0.4, -0.2) is 23.5 Å². The fourth-order valence-corrected chi connectivity index (χ4v) is 1.58. The molecule has 6 heteroatoms. The Kier molecular flexibility index (Phi) is 4.89. The number of hydrogen-bond donors (Lipinski definition) is 2. The topological polar surface area (TPSA) is 66.4 Å². The molecule has 104 valence electrons. The summed E-state index contributed by atoms with van der Waals surface area (Å²) in [5.74, 6) is -2.13. The van der Waals surface area contributed by atoms with E-state index in [2.05, 4.69) is 5.32 Å². The monoisotopic (exact) mass is 287 g/mol. The highest BCUT2D eigenvalue weighted by atomic mass is 35.5. The molecule has 0 aliphatic heterocycles. The molecule has 0 aromatic heterocycles. The second-order valence-electron chi connectivity index (χ2n) is 4.80. The Morgan fingerprint density at radius 3 is 2.63 bits per heavy atom. The van der Waals surface area contributed by atoms with Crippen LogP contribution in [0.2, 0.25) is 5.02 Å². The number of rotatable bonds is 5. The number of carbonyl (C=O) groups is 2. The highest BCUT2D eigenvalue weighted by Crippen LogP contribution is 2.21. The van der Waals surface area contributed by atoms with Gasteiger partial charge < -0.3 is 10.4 Å². The Labute approximate surface area is 115 Å². The van der Waals surface area contributed by atoms with Crippen LogP contribution in [0.4, 0.5) is 4.39 Å². The molecule has 0 saturated carbocycles. The number of aliphatic carboxylic acids is 1. The molecule has 0 atom stereocenters. The van der Waals surface area contributed by atoms with Gasteiger partial charge in [-0.15, -0.1) is 0 Å². The fourth-order valence-electron chi connectivity index (χ4n) is 1.37. The molecular formula is C13H15ClFNO3. The van der Waals surface area contributed by atoms with Crippen molar-refractivity contribution >= 4 is 23.5 Å². The lowest BCUT2D eigenvalue weighted by Gasteiger charge is -2.19. The van der Waals surface area contributed by atoms with E-state index in [1.54, 1.807) is 13.8 Å². The quantitative estimate of drug-likeness (QED) is 0.875. The van der Waals surface area contributed by atoms with E-state index in [0.717, 1.165) is 6.07 Å². The van der Waals surface area contributed by atoms with Crippen LogP contribution in [0.5, 0.6) is 0 Å². The number of halogens is 2. The van der Waals surface area contributed by atoms with E-state index in [4.69, 9.17) is 16.7 Å². The van der Waals surface area contributed by atoms with Crippen LogP contribution >= 0.6 is 11.6 Å². The molecule has 1 aromatic rings. The van der Waals surface area contributed by atoms with Crippen molar-refractivity contribution in [2.75, 3.05) is 6.54 Å². The summed E-state index contributed by atoms with van der Waals surface area (Å²) in [6.07, 6.45) is 0.265. The van der Waals surface area contributed by atoms with Gasteiger partial charge in [0.1, 0.15) is 5.82 Å². The third-order valence-corrected chi connectivity index (χ3v) is 3.19. The molecule has 0 bridgehead atoms. The zero-order valence-corrected chi connectivity index (χ0v) is 11.4. The average molecular weight is 288 g/mol. The average Bonchev–Trinajstić information content (AvgIpc) is 2.32. The van der Waals surface area contributed by atoms with Gasteiger partial charge in [-0.2, -0.15) is 0 Å². The van der Waals surface area contributed by atoms with Crippen molar-refractivity contribution in [3.63, 3.8) is 0 Å². The van der Waals surface area contributed by atoms with Crippen LogP contribution in [-0.2, 0) is 4.79 Å². The molecule has 19 heavy (non-hydrogen) atoms. The van der Waals surface area contributed by atoms with E-state index in [-0.39, 0.29) is 23.6 Å². The number of benzene rings is 1. The normalized spacial score (nSPS) is 11.2. The zero-order valence-electron chi connectivity index (χ0n) is 10.7. The van der Waals surface area contributed by atoms with Crippen molar-refractivity contribution in [1.82, 2.24) is 5.32 Å². The maximum Gasteiger partial charge on any atom is 0.309 e. The van der Waals surface area contributed by atoms with Crippen LogP contribution in [0.25, 0.3) is 0 Å². The molecule has 1 aromatic carbocycles. The molecule has 1 rings (SSSR count). The first-order valence-electron chi connectivity index (χ1n) is 5.71. The summed E-state index contributed by atoms with van der Waals surface area (Å²) in [5.41, 5.74) is -0.895. The lowest BCUT2D eigenvalue weighted by atomic mass is 9.90. The zero-order chi connectivity index (χ0) is 14.6. The van der Waals surface area contributed by atoms with E-state index in [1.807, 2.05) is 0 Å². The minimum Gasteiger partial charge on any atom is -0.481 e. The molecule has 2 N–H and O–H groups in total. The van der Waals surface area contributed by atoms with Crippen LogP contribution in [0, 0.1) is 11.2 Å². The van der Waals surface area contributed by atoms with Crippen LogP contribution < -0.4 is 5.32 Å². The van der Waals surface area contributed by atoms with Crippen LogP contribution in [0.1, 0.15) is 30.6 Å². The summed E-state index contributed by atoms with van der Waals surface area (Å²) < 4.78 is 13.2. The predicted octanol–water partition coefficient (Wildman–Crippen LogP) is 2.71. The maximum atomic E-state index is 13.2. The smallest absolute Gasteiger partial charge is 0.309 e. The molecule has 0 aliphatic carbocycles. The summed E-state index contributed by atoms with van der Waals surface area (Å²) in [7, 11) is 0. The van der Waals surface area contributed by atoms with E-state index in [1.165, 1.54) is 12.1 Å². The Morgan fingerprint density at radius 1 is 1.42 bits per heavy atom. The summed E-state index contributed by atoms with van der Waals surface area (Å²) in [6, 6.07) is 3.95. The Balaban J connectivity index is 2.62. The van der Waals surface area contributed by atoms with Gasteiger partial charge in [0, 0.05) is 6.54 Å². The highest BCUT2D eigenvalue weighted by Gasteiger charge is 2.26. The van der Waals surface area contributed by atoms with Gasteiger partial charge in [0.15, 0.2) is 0 Å². The standard InChI is InChI=1S/C13H15ClFNO3/c1-13(2,12(18)19)6-7-16-11(17)8-4-3-5-9(15)10(8)14/h3-5H,6-7H2,1-2H3,(H,16,17)(H,18,19). The molecule has 0 unspecified atom stereocenters. The van der Waals surface area contributed by atoms with Crippen LogP contribution in [0.3, 0.4) is 0 Å². The first-order chi connectivity index (χ1) is 8.75. The Bertz CT molecular complexity index is 503. The SMILES string of the molecule is CC(C)(CCNC(=O)c1cccc(F)c1Cl)C(=O)O. The third-order valence-electron chi connectivity index (χ3n) is 2.81. The molecule has 0 aliphatic rings. The molecule has 0 spiro atoms. The van der Waals surface area contributed by atoms with Crippen molar-refractivity contribution in [2.45, 2.75) is 20.3 Å². The van der Waals surface area contributed by atoms with E-state index in [9.17, 15) is 14.0 Å². The van der Waals surface area contributed by atoms with Gasteiger partial charge in [0.25, 0.3) is 5.91 Å². The van der Waals surface area contributed by atoms with Crippen molar-refractivity contribution in [2.24, 2.45) is 5.41 Å². The number of carbonyl (C=O) groups excluding carboxylic acids is 1. The number of nitrogens with one attached hydrogen (secondary N) is 1. The van der Waals surface area contributed by atoms with Crippen molar-refractivity contribution in [3.8, 4) is 0 Å². The van der Waals surface area contributed by atoms with Crippen molar-refractivity contribution < 1.29 is 19.1 Å². The molecule has 0 fully saturated rings. The van der Waals surface area contributed by atoms with E-state index >= 15 is 0 Å². The summed E-state index contributed by atoms with van der Waals surface area (Å²) in [6.45, 7) is 3.30. The number of carboxylic acids is 1. The third kappa shape index (κ3) is 3.92. The largest absolute Gasteiger partial charge is 0.481 e. The first-order valence-corrected chi connectivity index (χ1v) is 6.09. The second-order valence-corrected chi connectivity index (χ2v) is 5.17. The fraction of sp³-hybridized carbons (Fsp3) is 0.385. The summed E-state index contributed by atoms with van der Waals surface area (Å²) in [5, 5.41) is 11.2. The van der Waals surface area contributed by atoms with Gasteiger partial charge in [-0.05, 0) is 32.4 Å². The minimum atomic E-state index is -0.939. The Morgan fingerprint density at radius 2 is 2.05 bits per heavy atom. The van der Waals surface area contributed by atoms with Gasteiger partial charge in [-0.3, -0.25) is 9.59 Å². The number of hydrogen-bond acceptors (Lipinski definition) is 2. The molecule has 0 saturated heterocycles. The molecule has 0 radical (unpaired) electrons. The van der Waals surface area contributed by atoms with Crippen molar-refractivity contribution in [3.05, 3.63) is 34.6 Å². The van der Waals surface area contributed by atoms with Gasteiger partial charge >= 0.3 is 5.97 Å². The van der Waals surface area contributed by atoms with Gasteiger partial charge in [0.05, 0.1) is 16.0 Å². The summed E-state index contributed by atoms with van der Waals surface area (Å²) >= 11 is 5.68. The van der Waals surface area contributed by atoms with E-state index < -0.39 is 23.1 Å². The minimum absolute atomic E-state index is 0.0368. The molecule has 1 amide bonds. The van der Waals surface area contributed by atoms with Crippen molar-refractivity contribution in [1.29, 1.82) is 0 Å². The highest BCUT2D eigenvalue weighted by molar-refractivity contribution is 6.34. The maximum absolute atomic E-state index is 13.2.